The van der Waals surface area contributed by atoms with Gasteiger partial charge in [0, 0.05) is 31.4 Å². The van der Waals surface area contributed by atoms with Crippen molar-refractivity contribution in [1.29, 1.82) is 0 Å². The number of hydrogen-bond donors (Lipinski definition) is 0. The number of hydrogen-bond acceptors (Lipinski definition) is 7. The van der Waals surface area contributed by atoms with Crippen LogP contribution in [0.5, 0.6) is 11.8 Å². The zero-order valence-electron chi connectivity index (χ0n) is 16.6. The van der Waals surface area contributed by atoms with Gasteiger partial charge in [0.2, 0.25) is 11.8 Å². The lowest BCUT2D eigenvalue weighted by Crippen LogP contribution is -2.42. The fraction of sp³-hybridized carbons (Fsp3) is 0.750. The summed E-state index contributed by atoms with van der Waals surface area (Å²) in [5.41, 5.74) is 0.219. The highest BCUT2D eigenvalue weighted by Gasteiger charge is 2.41. The van der Waals surface area contributed by atoms with Crippen molar-refractivity contribution in [3.63, 3.8) is 0 Å². The molecule has 0 bridgehead atoms. The molecule has 2 fully saturated rings. The third-order valence-electron chi connectivity index (χ3n) is 6.07. The van der Waals surface area contributed by atoms with Crippen molar-refractivity contribution >= 4 is 9.84 Å². The first kappa shape index (κ1) is 19.9. The second-order valence-electron chi connectivity index (χ2n) is 8.13. The van der Waals surface area contributed by atoms with Gasteiger partial charge in [0.05, 0.1) is 19.0 Å². The minimum Gasteiger partial charge on any atom is -0.476 e. The molecule has 0 aliphatic carbocycles. The van der Waals surface area contributed by atoms with Gasteiger partial charge in [-0.25, -0.2) is 8.42 Å². The molecule has 4 rings (SSSR count). The van der Waals surface area contributed by atoms with Crippen molar-refractivity contribution in [1.82, 2.24) is 9.88 Å². The van der Waals surface area contributed by atoms with Gasteiger partial charge >= 0.3 is 0 Å². The molecule has 1 aromatic heterocycles. The number of fused-ring (bicyclic) bond motifs is 1. The minimum atomic E-state index is -3.42. The van der Waals surface area contributed by atoms with Gasteiger partial charge < -0.3 is 14.2 Å². The van der Waals surface area contributed by atoms with E-state index >= 15 is 0 Å². The number of sulfone groups is 1. The molecule has 4 heterocycles. The maximum absolute atomic E-state index is 12.8. The Balaban J connectivity index is 1.53. The van der Waals surface area contributed by atoms with Crippen LogP contribution < -0.4 is 9.47 Å². The second-order valence-corrected chi connectivity index (χ2v) is 10.2. The van der Waals surface area contributed by atoms with Crippen molar-refractivity contribution in [3.8, 4) is 11.8 Å². The molecule has 7 nitrogen and oxygen atoms in total. The number of ether oxygens (including phenoxy) is 3. The lowest BCUT2D eigenvalue weighted by molar-refractivity contribution is -0.0501. The summed E-state index contributed by atoms with van der Waals surface area (Å²) < 4.78 is 43.3. The molecule has 28 heavy (non-hydrogen) atoms. The van der Waals surface area contributed by atoms with E-state index in [1.54, 1.807) is 6.07 Å². The van der Waals surface area contributed by atoms with E-state index in [0.717, 1.165) is 25.2 Å². The Morgan fingerprint density at radius 1 is 1.18 bits per heavy atom. The Kier molecular flexibility index (Phi) is 5.81. The van der Waals surface area contributed by atoms with Crippen LogP contribution in [0.15, 0.2) is 11.0 Å². The molecule has 0 saturated carbocycles. The Bertz CT molecular complexity index is 799. The van der Waals surface area contributed by atoms with Crippen LogP contribution in [0.2, 0.25) is 0 Å². The van der Waals surface area contributed by atoms with Crippen molar-refractivity contribution in [3.05, 3.63) is 11.6 Å². The fourth-order valence-electron chi connectivity index (χ4n) is 4.23. The van der Waals surface area contributed by atoms with Crippen LogP contribution >= 0.6 is 0 Å². The third-order valence-corrected chi connectivity index (χ3v) is 7.78. The Labute approximate surface area is 167 Å². The van der Waals surface area contributed by atoms with Gasteiger partial charge in [-0.05, 0) is 38.9 Å². The summed E-state index contributed by atoms with van der Waals surface area (Å²) in [5, 5.41) is 0. The van der Waals surface area contributed by atoms with E-state index < -0.39 is 15.4 Å². The van der Waals surface area contributed by atoms with Crippen LogP contribution in [0.4, 0.5) is 0 Å². The molecule has 0 N–H and O–H groups in total. The summed E-state index contributed by atoms with van der Waals surface area (Å²) in [4.78, 5) is 7.11. The minimum absolute atomic E-state index is 0.0796. The Morgan fingerprint density at radius 3 is 2.68 bits per heavy atom. The van der Waals surface area contributed by atoms with E-state index in [1.807, 2.05) is 6.92 Å². The van der Waals surface area contributed by atoms with E-state index in [0.29, 0.717) is 45.0 Å². The van der Waals surface area contributed by atoms with E-state index in [1.165, 1.54) is 19.3 Å². The normalized spacial score (nSPS) is 24.2. The van der Waals surface area contributed by atoms with Gasteiger partial charge in [0.25, 0.3) is 0 Å². The number of piperidine rings is 1. The fourth-order valence-corrected chi connectivity index (χ4v) is 5.80. The summed E-state index contributed by atoms with van der Waals surface area (Å²) in [6, 6.07) is 1.66. The zero-order valence-corrected chi connectivity index (χ0v) is 17.4. The highest BCUT2D eigenvalue weighted by atomic mass is 32.2. The molecule has 2 saturated heterocycles. The quantitative estimate of drug-likeness (QED) is 0.754. The smallest absolute Gasteiger partial charge is 0.236 e. The van der Waals surface area contributed by atoms with E-state index in [4.69, 9.17) is 14.2 Å². The number of aryl methyl sites for hydroxylation is 1. The van der Waals surface area contributed by atoms with Gasteiger partial charge in [0.1, 0.15) is 17.1 Å². The molecule has 0 amide bonds. The Hall–Kier alpha value is -1.38. The standard InChI is InChI=1S/C20H30N2O5S/c1-16-15-17-19(21-18(16)26-13-10-22-8-3-2-4-9-22)27-20(5-11-25-12-6-20)7-14-28(17,23)24/h15H,2-14H2,1H3. The number of likely N-dealkylation sites (tertiary alicyclic amines) is 1. The summed E-state index contributed by atoms with van der Waals surface area (Å²) in [5.74, 6) is 0.740. The van der Waals surface area contributed by atoms with E-state index in [2.05, 4.69) is 9.88 Å². The molecule has 1 aromatic rings. The molecule has 3 aliphatic heterocycles. The van der Waals surface area contributed by atoms with E-state index in [-0.39, 0.29) is 16.5 Å². The van der Waals surface area contributed by atoms with Crippen molar-refractivity contribution in [2.75, 3.05) is 45.2 Å². The van der Waals surface area contributed by atoms with Gasteiger partial charge in [-0.1, -0.05) is 6.42 Å². The van der Waals surface area contributed by atoms with Gasteiger partial charge in [0.15, 0.2) is 9.84 Å². The average Bonchev–Trinajstić information content (AvgIpc) is 2.79. The SMILES string of the molecule is Cc1cc2c(nc1OCCN1CCCCC1)OC1(CCOCC1)CCS2(=O)=O. The number of nitrogens with zero attached hydrogens (tertiary/aromatic N) is 2. The molecule has 156 valence electrons. The summed E-state index contributed by atoms with van der Waals surface area (Å²) in [6.45, 7) is 6.64. The predicted molar refractivity (Wildman–Crippen MR) is 105 cm³/mol. The molecule has 0 unspecified atom stereocenters. The van der Waals surface area contributed by atoms with Crippen LogP contribution in [0.1, 0.15) is 44.1 Å². The van der Waals surface area contributed by atoms with Crippen LogP contribution in [-0.2, 0) is 14.6 Å². The second kappa shape index (κ2) is 8.16. The molecule has 0 atom stereocenters. The molecule has 0 radical (unpaired) electrons. The molecular formula is C20H30N2O5S. The van der Waals surface area contributed by atoms with Gasteiger partial charge in [-0.3, -0.25) is 4.90 Å². The first-order valence-corrected chi connectivity index (χ1v) is 12.0. The van der Waals surface area contributed by atoms with E-state index in [9.17, 15) is 8.42 Å². The van der Waals surface area contributed by atoms with Crippen LogP contribution in [0.25, 0.3) is 0 Å². The highest BCUT2D eigenvalue weighted by molar-refractivity contribution is 7.91. The van der Waals surface area contributed by atoms with Gasteiger partial charge in [-0.2, -0.15) is 4.98 Å². The predicted octanol–water partition coefficient (Wildman–Crippen LogP) is 2.36. The van der Waals surface area contributed by atoms with Crippen LogP contribution in [0.3, 0.4) is 0 Å². The molecule has 1 spiro atoms. The number of rotatable bonds is 4. The highest BCUT2D eigenvalue weighted by Crippen LogP contribution is 2.39. The maximum atomic E-state index is 12.8. The molecule has 8 heteroatoms. The van der Waals surface area contributed by atoms with Gasteiger partial charge in [-0.15, -0.1) is 0 Å². The Morgan fingerprint density at radius 2 is 1.93 bits per heavy atom. The zero-order chi connectivity index (χ0) is 19.6. The van der Waals surface area contributed by atoms with Crippen molar-refractivity contribution < 1.29 is 22.6 Å². The van der Waals surface area contributed by atoms with Crippen LogP contribution in [-0.4, -0.2) is 69.1 Å². The summed E-state index contributed by atoms with van der Waals surface area (Å²) in [7, 11) is -3.42. The molecule has 0 aromatic carbocycles. The number of aromatic nitrogens is 1. The summed E-state index contributed by atoms with van der Waals surface area (Å²) in [6.07, 6.45) is 5.63. The molecular weight excluding hydrogens is 380 g/mol. The van der Waals surface area contributed by atoms with Crippen molar-refractivity contribution in [2.24, 2.45) is 0 Å². The largest absolute Gasteiger partial charge is 0.476 e. The topological polar surface area (TPSA) is 78.0 Å². The first-order valence-electron chi connectivity index (χ1n) is 10.3. The summed E-state index contributed by atoms with van der Waals surface area (Å²) >= 11 is 0. The molecule has 3 aliphatic rings. The first-order chi connectivity index (χ1) is 13.5. The van der Waals surface area contributed by atoms with Crippen molar-refractivity contribution in [2.45, 2.75) is 55.9 Å². The maximum Gasteiger partial charge on any atom is 0.236 e. The third kappa shape index (κ3) is 4.28. The number of pyridine rings is 1. The monoisotopic (exact) mass is 410 g/mol. The van der Waals surface area contributed by atoms with Crippen LogP contribution in [0, 0.1) is 6.92 Å². The average molecular weight is 411 g/mol. The lowest BCUT2D eigenvalue weighted by Gasteiger charge is -2.35. The lowest BCUT2D eigenvalue weighted by atomic mass is 9.91.